The first-order valence-electron chi connectivity index (χ1n) is 10.7. The van der Waals surface area contributed by atoms with Crippen molar-refractivity contribution in [3.8, 4) is 0 Å². The molecule has 3 saturated heterocycles. The number of fused-ring (bicyclic) bond motifs is 2. The fourth-order valence-corrected chi connectivity index (χ4v) is 6.73. The topological polar surface area (TPSA) is 43.5 Å². The summed E-state index contributed by atoms with van der Waals surface area (Å²) in [5.74, 6) is 0.477. The molecule has 154 valence electrons. The summed E-state index contributed by atoms with van der Waals surface area (Å²) < 4.78 is 24.7. The zero-order chi connectivity index (χ0) is 19.4. The molecule has 8 heteroatoms. The van der Waals surface area contributed by atoms with Gasteiger partial charge in [0.15, 0.2) is 0 Å². The van der Waals surface area contributed by atoms with Crippen LogP contribution in [-0.2, 0) is 18.8 Å². The van der Waals surface area contributed by atoms with E-state index in [1.54, 1.807) is 0 Å². The lowest BCUT2D eigenvalue weighted by molar-refractivity contribution is -0.0249. The molecule has 0 N–H and O–H groups in total. The first-order valence-corrected chi connectivity index (χ1v) is 14.7. The molecular weight excluding hydrogens is 377 g/mol. The van der Waals surface area contributed by atoms with Crippen LogP contribution < -0.4 is 0 Å². The Balaban J connectivity index is 1.34. The van der Waals surface area contributed by atoms with Gasteiger partial charge in [-0.05, 0) is 52.4 Å². The maximum atomic E-state index is 6.35. The first-order chi connectivity index (χ1) is 12.7. The summed E-state index contributed by atoms with van der Waals surface area (Å²) in [6, 6.07) is 1.82. The van der Waals surface area contributed by atoms with Crippen LogP contribution in [0, 0.1) is 0 Å². The number of ether oxygens (including phenoxy) is 2. The summed E-state index contributed by atoms with van der Waals surface area (Å²) in [7, 11) is -0.604. The highest BCUT2D eigenvalue weighted by Crippen LogP contribution is 2.53. The average molecular weight is 413 g/mol. The van der Waals surface area contributed by atoms with Crippen LogP contribution in [-0.4, -0.2) is 68.3 Å². The fourth-order valence-electron chi connectivity index (χ4n) is 4.44. The Kier molecular flexibility index (Phi) is 5.82. The lowest BCUT2D eigenvalue weighted by atomic mass is 9.63. The van der Waals surface area contributed by atoms with Crippen molar-refractivity contribution in [2.75, 3.05) is 13.3 Å². The molecular formula is C19H36BNO4SSi. The molecule has 4 fully saturated rings. The molecule has 5 nitrogen and oxygen atoms in total. The van der Waals surface area contributed by atoms with Gasteiger partial charge in [-0.1, -0.05) is 19.5 Å². The van der Waals surface area contributed by atoms with E-state index < -0.39 is 8.80 Å². The van der Waals surface area contributed by atoms with Crippen LogP contribution in [0.1, 0.15) is 47.0 Å². The van der Waals surface area contributed by atoms with Crippen LogP contribution in [0.2, 0.25) is 25.0 Å². The van der Waals surface area contributed by atoms with Crippen molar-refractivity contribution in [1.82, 2.24) is 4.90 Å². The normalized spacial score (nSPS) is 40.1. The molecule has 3 heterocycles. The Bertz CT molecular complexity index is 536. The number of hydrogen-bond donors (Lipinski definition) is 0. The summed E-state index contributed by atoms with van der Waals surface area (Å²) in [6.07, 6.45) is 3.77. The Labute approximate surface area is 170 Å². The number of thioether (sulfide) groups is 1. The van der Waals surface area contributed by atoms with Crippen LogP contribution in [0.5, 0.6) is 0 Å². The van der Waals surface area contributed by atoms with E-state index in [0.717, 1.165) is 26.2 Å². The standard InChI is InChI=1S/C19H36BNO4SSi/c1-18(2)19(3,4)25-20(24-18)13-7-8-14-15(11-13)26-17-16(23-17)21(14)12-22-9-10-27(5)6/h13-17,27H,7-12H2,1-6H3. The smallest absolute Gasteiger partial charge is 0.403 e. The number of epoxide rings is 1. The second-order valence-corrected chi connectivity index (χ2v) is 14.8. The summed E-state index contributed by atoms with van der Waals surface area (Å²) in [4.78, 5) is 2.49. The van der Waals surface area contributed by atoms with Crippen LogP contribution in [0.25, 0.3) is 0 Å². The van der Waals surface area contributed by atoms with Crippen molar-refractivity contribution in [3.63, 3.8) is 0 Å². The lowest BCUT2D eigenvalue weighted by Gasteiger charge is -2.43. The molecule has 5 atom stereocenters. The summed E-state index contributed by atoms with van der Waals surface area (Å²) in [5.41, 5.74) is -0.136. The van der Waals surface area contributed by atoms with Crippen molar-refractivity contribution in [3.05, 3.63) is 0 Å². The van der Waals surface area contributed by atoms with Gasteiger partial charge in [0.05, 0.1) is 11.2 Å². The third-order valence-electron chi connectivity index (χ3n) is 7.03. The molecule has 0 aromatic rings. The third-order valence-corrected chi connectivity index (χ3v) is 9.88. The zero-order valence-corrected chi connectivity index (χ0v) is 19.7. The van der Waals surface area contributed by atoms with Crippen molar-refractivity contribution >= 4 is 27.7 Å². The van der Waals surface area contributed by atoms with Crippen molar-refractivity contribution in [2.45, 2.75) is 106 Å². The SMILES string of the molecule is C[SiH](C)CCOCN1C2CCC(B3OC(C)(C)C(C)(C)O3)CC2SC2OC21. The maximum absolute atomic E-state index is 6.35. The molecule has 0 amide bonds. The van der Waals surface area contributed by atoms with Gasteiger partial charge in [-0.15, -0.1) is 11.8 Å². The van der Waals surface area contributed by atoms with E-state index in [0.29, 0.717) is 22.5 Å². The van der Waals surface area contributed by atoms with E-state index in [1.165, 1.54) is 12.5 Å². The van der Waals surface area contributed by atoms with Gasteiger partial charge in [-0.3, -0.25) is 0 Å². The molecule has 4 aliphatic rings. The number of hydrogen-bond acceptors (Lipinski definition) is 6. The Morgan fingerprint density at radius 1 is 1.15 bits per heavy atom. The number of rotatable bonds is 6. The van der Waals surface area contributed by atoms with E-state index >= 15 is 0 Å². The van der Waals surface area contributed by atoms with Gasteiger partial charge in [0.2, 0.25) is 0 Å². The molecule has 4 rings (SSSR count). The number of nitrogens with zero attached hydrogens (tertiary/aromatic N) is 1. The third kappa shape index (κ3) is 4.18. The summed E-state index contributed by atoms with van der Waals surface area (Å²) in [6.45, 7) is 15.0. The van der Waals surface area contributed by atoms with Gasteiger partial charge in [0.25, 0.3) is 0 Å². The van der Waals surface area contributed by atoms with E-state index in [4.69, 9.17) is 18.8 Å². The van der Waals surface area contributed by atoms with Gasteiger partial charge in [0, 0.05) is 26.7 Å². The van der Waals surface area contributed by atoms with E-state index in [1.807, 2.05) is 11.8 Å². The monoisotopic (exact) mass is 413 g/mol. The Morgan fingerprint density at radius 2 is 1.85 bits per heavy atom. The van der Waals surface area contributed by atoms with Gasteiger partial charge >= 0.3 is 7.12 Å². The molecule has 3 aliphatic heterocycles. The maximum Gasteiger partial charge on any atom is 0.461 e. The highest BCUT2D eigenvalue weighted by molar-refractivity contribution is 8.00. The van der Waals surface area contributed by atoms with Crippen molar-refractivity contribution < 1.29 is 18.8 Å². The minimum absolute atomic E-state index is 0.0740. The van der Waals surface area contributed by atoms with Crippen LogP contribution in [0.15, 0.2) is 0 Å². The summed E-state index contributed by atoms with van der Waals surface area (Å²) in [5, 5.41) is 0.592. The van der Waals surface area contributed by atoms with Crippen molar-refractivity contribution in [2.24, 2.45) is 0 Å². The van der Waals surface area contributed by atoms with E-state index in [2.05, 4.69) is 45.7 Å². The molecule has 1 aliphatic carbocycles. The van der Waals surface area contributed by atoms with Crippen LogP contribution in [0.3, 0.4) is 0 Å². The second-order valence-electron chi connectivity index (χ2n) is 10.1. The first kappa shape index (κ1) is 20.7. The van der Waals surface area contributed by atoms with Crippen LogP contribution >= 0.6 is 11.8 Å². The van der Waals surface area contributed by atoms with E-state index in [9.17, 15) is 0 Å². The minimum atomic E-state index is -0.530. The molecule has 0 aromatic heterocycles. The molecule has 0 spiro atoms. The minimum Gasteiger partial charge on any atom is -0.403 e. The molecule has 0 bridgehead atoms. The van der Waals surface area contributed by atoms with Gasteiger partial charge < -0.3 is 18.8 Å². The summed E-state index contributed by atoms with van der Waals surface area (Å²) >= 11 is 2.03. The quantitative estimate of drug-likeness (QED) is 0.377. The predicted octanol–water partition coefficient (Wildman–Crippen LogP) is 3.56. The van der Waals surface area contributed by atoms with Gasteiger partial charge in [0.1, 0.15) is 18.4 Å². The van der Waals surface area contributed by atoms with Gasteiger partial charge in [-0.2, -0.15) is 0 Å². The molecule has 0 radical (unpaired) electrons. The molecule has 5 unspecified atom stereocenters. The highest BCUT2D eigenvalue weighted by Gasteiger charge is 2.59. The lowest BCUT2D eigenvalue weighted by Crippen LogP contribution is -2.52. The van der Waals surface area contributed by atoms with Crippen molar-refractivity contribution in [1.29, 1.82) is 0 Å². The largest absolute Gasteiger partial charge is 0.461 e. The Hall–Kier alpha value is 0.432. The second kappa shape index (κ2) is 7.60. The molecule has 0 aromatic carbocycles. The molecule has 1 saturated carbocycles. The predicted molar refractivity (Wildman–Crippen MR) is 114 cm³/mol. The Morgan fingerprint density at radius 3 is 2.52 bits per heavy atom. The van der Waals surface area contributed by atoms with E-state index in [-0.39, 0.29) is 24.5 Å². The molecule has 27 heavy (non-hydrogen) atoms. The average Bonchev–Trinajstić information content (AvgIpc) is 3.30. The van der Waals surface area contributed by atoms with Gasteiger partial charge in [-0.25, -0.2) is 4.90 Å². The highest BCUT2D eigenvalue weighted by atomic mass is 32.2. The fraction of sp³-hybridized carbons (Fsp3) is 1.00. The zero-order valence-electron chi connectivity index (χ0n) is 17.8. The van der Waals surface area contributed by atoms with Crippen LogP contribution in [0.4, 0.5) is 0 Å².